The van der Waals surface area contributed by atoms with Gasteiger partial charge in [-0.05, 0) is 31.8 Å². The minimum atomic E-state index is 0.797. The zero-order chi connectivity index (χ0) is 6.10. The van der Waals surface area contributed by atoms with Crippen LogP contribution < -0.4 is 10.6 Å². The number of hydrogen-bond donors (Lipinski definition) is 2. The standard InChI is InChI=1S/C7H13N2/c1-4-9-7-2-3-8-5-6(1)7/h4,6-9H,1-3,5H2/t6-,7+/m0/s1. The summed E-state index contributed by atoms with van der Waals surface area (Å²) in [7, 11) is 0. The second-order valence-electron chi connectivity index (χ2n) is 2.97. The molecule has 2 heterocycles. The van der Waals surface area contributed by atoms with E-state index in [0.717, 1.165) is 12.0 Å². The Balaban J connectivity index is 1.97. The fourth-order valence-electron chi connectivity index (χ4n) is 1.76. The van der Waals surface area contributed by atoms with Gasteiger partial charge in [-0.25, -0.2) is 0 Å². The average molecular weight is 125 g/mol. The number of rotatable bonds is 0. The highest BCUT2D eigenvalue weighted by Crippen LogP contribution is 2.21. The van der Waals surface area contributed by atoms with Gasteiger partial charge in [-0.15, -0.1) is 0 Å². The van der Waals surface area contributed by atoms with Crippen LogP contribution in [-0.2, 0) is 0 Å². The molecule has 2 heteroatoms. The number of nitrogens with one attached hydrogen (secondary N) is 2. The van der Waals surface area contributed by atoms with Crippen LogP contribution in [-0.4, -0.2) is 19.1 Å². The van der Waals surface area contributed by atoms with E-state index in [4.69, 9.17) is 0 Å². The summed E-state index contributed by atoms with van der Waals surface area (Å²) in [4.78, 5) is 0. The Bertz CT molecular complexity index is 91.1. The Morgan fingerprint density at radius 1 is 1.44 bits per heavy atom. The molecule has 2 aliphatic heterocycles. The zero-order valence-corrected chi connectivity index (χ0v) is 5.56. The lowest BCUT2D eigenvalue weighted by Gasteiger charge is -2.25. The summed E-state index contributed by atoms with van der Waals surface area (Å²) in [5.41, 5.74) is 0. The van der Waals surface area contributed by atoms with E-state index in [1.54, 1.807) is 0 Å². The van der Waals surface area contributed by atoms with E-state index in [-0.39, 0.29) is 0 Å². The van der Waals surface area contributed by atoms with E-state index in [2.05, 4.69) is 17.2 Å². The molecule has 0 aromatic rings. The lowest BCUT2D eigenvalue weighted by atomic mass is 9.95. The van der Waals surface area contributed by atoms with Crippen LogP contribution in [0.4, 0.5) is 0 Å². The minimum Gasteiger partial charge on any atom is -0.316 e. The normalized spacial score (nSPS) is 42.7. The first kappa shape index (κ1) is 5.69. The Kier molecular flexibility index (Phi) is 1.44. The molecule has 0 bridgehead atoms. The molecule has 0 aromatic heterocycles. The first-order valence-corrected chi connectivity index (χ1v) is 3.75. The first-order chi connectivity index (χ1) is 4.47. The van der Waals surface area contributed by atoms with Gasteiger partial charge in [0.15, 0.2) is 0 Å². The summed E-state index contributed by atoms with van der Waals surface area (Å²) in [6, 6.07) is 0.797. The van der Waals surface area contributed by atoms with Crippen LogP contribution >= 0.6 is 0 Å². The van der Waals surface area contributed by atoms with Crippen molar-refractivity contribution < 1.29 is 0 Å². The zero-order valence-electron chi connectivity index (χ0n) is 5.56. The SMILES string of the molecule is [CH]1C[C@H]2CNCC[C@H]2N1. The van der Waals surface area contributed by atoms with Gasteiger partial charge < -0.3 is 10.6 Å². The summed E-state index contributed by atoms with van der Waals surface area (Å²) in [5.74, 6) is 0.888. The molecule has 2 atom stereocenters. The van der Waals surface area contributed by atoms with Crippen molar-refractivity contribution in [2.24, 2.45) is 5.92 Å². The molecule has 0 spiro atoms. The van der Waals surface area contributed by atoms with Crippen molar-refractivity contribution in [3.8, 4) is 0 Å². The molecule has 2 fully saturated rings. The molecule has 2 saturated heterocycles. The maximum Gasteiger partial charge on any atom is 0.0227 e. The second-order valence-corrected chi connectivity index (χ2v) is 2.97. The third-order valence-corrected chi connectivity index (χ3v) is 2.36. The highest BCUT2D eigenvalue weighted by atomic mass is 15.0. The van der Waals surface area contributed by atoms with Crippen LogP contribution in [0.15, 0.2) is 0 Å². The van der Waals surface area contributed by atoms with Gasteiger partial charge in [0.2, 0.25) is 0 Å². The maximum absolute atomic E-state index is 3.40. The molecule has 2 aliphatic rings. The van der Waals surface area contributed by atoms with Crippen LogP contribution in [0.3, 0.4) is 0 Å². The maximum atomic E-state index is 3.40. The molecule has 2 N–H and O–H groups in total. The van der Waals surface area contributed by atoms with E-state index >= 15 is 0 Å². The lowest BCUT2D eigenvalue weighted by molar-refractivity contribution is 0.344. The summed E-state index contributed by atoms with van der Waals surface area (Å²) in [6.07, 6.45) is 2.57. The predicted molar refractivity (Wildman–Crippen MR) is 36.8 cm³/mol. The predicted octanol–water partition coefficient (Wildman–Crippen LogP) is 0.120. The van der Waals surface area contributed by atoms with Gasteiger partial charge >= 0.3 is 0 Å². The van der Waals surface area contributed by atoms with Gasteiger partial charge in [-0.2, -0.15) is 0 Å². The quantitative estimate of drug-likeness (QED) is 0.480. The van der Waals surface area contributed by atoms with Crippen molar-refractivity contribution in [3.05, 3.63) is 6.54 Å². The topological polar surface area (TPSA) is 24.1 Å². The third-order valence-electron chi connectivity index (χ3n) is 2.36. The van der Waals surface area contributed by atoms with E-state index in [1.165, 1.54) is 25.9 Å². The molecule has 0 unspecified atom stereocenters. The van der Waals surface area contributed by atoms with Crippen molar-refractivity contribution in [1.82, 2.24) is 10.6 Å². The largest absolute Gasteiger partial charge is 0.316 e. The third kappa shape index (κ3) is 0.970. The Morgan fingerprint density at radius 2 is 2.44 bits per heavy atom. The Hall–Kier alpha value is -0.0800. The van der Waals surface area contributed by atoms with Gasteiger partial charge in [-0.1, -0.05) is 0 Å². The molecule has 2 nitrogen and oxygen atoms in total. The average Bonchev–Trinajstić information content (AvgIpc) is 2.33. The summed E-state index contributed by atoms with van der Waals surface area (Å²) < 4.78 is 0. The monoisotopic (exact) mass is 125 g/mol. The molecule has 0 aromatic carbocycles. The Labute approximate surface area is 56.0 Å². The lowest BCUT2D eigenvalue weighted by Crippen LogP contribution is -2.41. The molecule has 0 amide bonds. The highest BCUT2D eigenvalue weighted by Gasteiger charge is 2.28. The van der Waals surface area contributed by atoms with Crippen LogP contribution in [0.1, 0.15) is 12.8 Å². The summed E-state index contributed by atoms with van der Waals surface area (Å²) >= 11 is 0. The highest BCUT2D eigenvalue weighted by molar-refractivity contribution is 4.93. The van der Waals surface area contributed by atoms with Crippen molar-refractivity contribution in [3.63, 3.8) is 0 Å². The van der Waals surface area contributed by atoms with Gasteiger partial charge in [0.25, 0.3) is 0 Å². The van der Waals surface area contributed by atoms with Crippen molar-refractivity contribution >= 4 is 0 Å². The fraction of sp³-hybridized carbons (Fsp3) is 0.857. The fourth-order valence-corrected chi connectivity index (χ4v) is 1.76. The number of hydrogen-bond acceptors (Lipinski definition) is 2. The first-order valence-electron chi connectivity index (χ1n) is 3.75. The van der Waals surface area contributed by atoms with Crippen LogP contribution in [0.2, 0.25) is 0 Å². The van der Waals surface area contributed by atoms with Gasteiger partial charge in [0.05, 0.1) is 0 Å². The van der Waals surface area contributed by atoms with Crippen LogP contribution in [0.5, 0.6) is 0 Å². The number of fused-ring (bicyclic) bond motifs is 1. The van der Waals surface area contributed by atoms with Crippen LogP contribution in [0, 0.1) is 12.5 Å². The molecule has 1 radical (unpaired) electrons. The van der Waals surface area contributed by atoms with Gasteiger partial charge in [-0.3, -0.25) is 0 Å². The van der Waals surface area contributed by atoms with E-state index < -0.39 is 0 Å². The Morgan fingerprint density at radius 3 is 3.33 bits per heavy atom. The molecule has 0 aliphatic carbocycles. The van der Waals surface area contributed by atoms with E-state index in [1.807, 2.05) is 0 Å². The van der Waals surface area contributed by atoms with E-state index in [0.29, 0.717) is 0 Å². The van der Waals surface area contributed by atoms with Gasteiger partial charge in [0.1, 0.15) is 0 Å². The van der Waals surface area contributed by atoms with Crippen molar-refractivity contribution in [1.29, 1.82) is 0 Å². The second kappa shape index (κ2) is 2.27. The summed E-state index contributed by atoms with van der Waals surface area (Å²) in [5, 5.41) is 6.79. The number of piperidine rings is 1. The minimum absolute atomic E-state index is 0.797. The molecule has 9 heavy (non-hydrogen) atoms. The van der Waals surface area contributed by atoms with Crippen molar-refractivity contribution in [2.75, 3.05) is 13.1 Å². The van der Waals surface area contributed by atoms with Crippen LogP contribution in [0.25, 0.3) is 0 Å². The van der Waals surface area contributed by atoms with E-state index in [9.17, 15) is 0 Å². The van der Waals surface area contributed by atoms with Crippen molar-refractivity contribution in [2.45, 2.75) is 18.9 Å². The molecule has 51 valence electrons. The summed E-state index contributed by atoms with van der Waals surface area (Å²) in [6.45, 7) is 4.62. The molecule has 0 saturated carbocycles. The molecular weight excluding hydrogens is 112 g/mol. The molecule has 2 rings (SSSR count). The van der Waals surface area contributed by atoms with Gasteiger partial charge in [0, 0.05) is 12.6 Å². The molecular formula is C7H13N2. The smallest absolute Gasteiger partial charge is 0.0227 e.